The van der Waals surface area contributed by atoms with Gasteiger partial charge in [-0.15, -0.1) is 0 Å². The molecule has 0 unspecified atom stereocenters. The van der Waals surface area contributed by atoms with E-state index >= 15 is 0 Å². The molecule has 1 N–H and O–H groups in total. The average molecular weight is 334 g/mol. The van der Waals surface area contributed by atoms with Gasteiger partial charge < -0.3 is 15.0 Å². The minimum atomic E-state index is -0.914. The van der Waals surface area contributed by atoms with Crippen molar-refractivity contribution in [1.82, 2.24) is 0 Å². The molecule has 0 aromatic heterocycles. The normalized spacial score (nSPS) is 10.2. The molecular formula is C17H16F2N2O3. The number of carbonyl (C=O) groups is 2. The lowest BCUT2D eigenvalue weighted by Crippen LogP contribution is -2.37. The number of methoxy groups -OCH3 is 1. The Balaban J connectivity index is 2.12. The smallest absolute Gasteiger partial charge is 0.244 e. The number of hydrogen-bond acceptors (Lipinski definition) is 3. The van der Waals surface area contributed by atoms with Crippen LogP contribution in [0.3, 0.4) is 0 Å². The first-order chi connectivity index (χ1) is 11.4. The predicted octanol–water partition coefficient (Wildman–Crippen LogP) is 2.97. The second-order valence-electron chi connectivity index (χ2n) is 4.98. The minimum absolute atomic E-state index is 0.159. The molecule has 2 rings (SSSR count). The van der Waals surface area contributed by atoms with Gasteiger partial charge in [-0.1, -0.05) is 0 Å². The number of rotatable bonds is 5. The Kier molecular flexibility index (Phi) is 5.47. The maximum absolute atomic E-state index is 13.8. The van der Waals surface area contributed by atoms with E-state index in [-0.39, 0.29) is 5.69 Å². The molecule has 0 aliphatic rings. The number of amides is 2. The Labute approximate surface area is 137 Å². The molecular weight excluding hydrogens is 318 g/mol. The van der Waals surface area contributed by atoms with Crippen molar-refractivity contribution < 1.29 is 23.1 Å². The summed E-state index contributed by atoms with van der Waals surface area (Å²) in [4.78, 5) is 24.8. The molecule has 0 spiro atoms. The average Bonchev–Trinajstić information content (AvgIpc) is 2.54. The van der Waals surface area contributed by atoms with Crippen molar-refractivity contribution in [3.8, 4) is 5.75 Å². The van der Waals surface area contributed by atoms with Gasteiger partial charge >= 0.3 is 0 Å². The van der Waals surface area contributed by atoms with E-state index in [0.29, 0.717) is 17.5 Å². The zero-order valence-electron chi connectivity index (χ0n) is 13.2. The Morgan fingerprint density at radius 1 is 1.12 bits per heavy atom. The topological polar surface area (TPSA) is 58.6 Å². The molecule has 24 heavy (non-hydrogen) atoms. The van der Waals surface area contributed by atoms with Gasteiger partial charge in [0.25, 0.3) is 0 Å². The third-order valence-corrected chi connectivity index (χ3v) is 3.26. The monoisotopic (exact) mass is 334 g/mol. The molecule has 0 heterocycles. The third kappa shape index (κ3) is 4.28. The zero-order valence-corrected chi connectivity index (χ0v) is 13.2. The van der Waals surface area contributed by atoms with Crippen LogP contribution >= 0.6 is 0 Å². The molecule has 0 saturated heterocycles. The van der Waals surface area contributed by atoms with Gasteiger partial charge in [0.1, 0.15) is 23.9 Å². The number of halogens is 2. The second-order valence-corrected chi connectivity index (χ2v) is 4.98. The molecule has 0 fully saturated rings. The van der Waals surface area contributed by atoms with Crippen LogP contribution in [0.1, 0.15) is 6.92 Å². The summed E-state index contributed by atoms with van der Waals surface area (Å²) in [6.45, 7) is 0.799. The molecule has 2 amide bonds. The highest BCUT2D eigenvalue weighted by atomic mass is 19.1. The number of anilines is 2. The van der Waals surface area contributed by atoms with E-state index in [4.69, 9.17) is 4.74 Å². The first-order valence-electron chi connectivity index (χ1n) is 7.07. The van der Waals surface area contributed by atoms with E-state index in [0.717, 1.165) is 17.0 Å². The lowest BCUT2D eigenvalue weighted by atomic mass is 10.2. The van der Waals surface area contributed by atoms with Crippen molar-refractivity contribution in [1.29, 1.82) is 0 Å². The molecule has 7 heteroatoms. The number of benzene rings is 2. The van der Waals surface area contributed by atoms with Crippen LogP contribution in [-0.2, 0) is 9.59 Å². The van der Waals surface area contributed by atoms with Gasteiger partial charge in [0.05, 0.1) is 12.8 Å². The van der Waals surface area contributed by atoms with Crippen LogP contribution in [0.15, 0.2) is 42.5 Å². The first kappa shape index (κ1) is 17.4. The molecule has 0 bridgehead atoms. The summed E-state index contributed by atoms with van der Waals surface area (Å²) >= 11 is 0. The molecule has 0 aliphatic heterocycles. The highest BCUT2D eigenvalue weighted by molar-refractivity contribution is 6.01. The largest absolute Gasteiger partial charge is 0.497 e. The first-order valence-corrected chi connectivity index (χ1v) is 7.07. The van der Waals surface area contributed by atoms with E-state index < -0.39 is 30.0 Å². The van der Waals surface area contributed by atoms with Crippen molar-refractivity contribution in [2.24, 2.45) is 0 Å². The van der Waals surface area contributed by atoms with Crippen LogP contribution in [0.4, 0.5) is 20.2 Å². The van der Waals surface area contributed by atoms with E-state index in [1.165, 1.54) is 14.0 Å². The van der Waals surface area contributed by atoms with Crippen LogP contribution < -0.4 is 15.0 Å². The highest BCUT2D eigenvalue weighted by Crippen LogP contribution is 2.21. The molecule has 2 aromatic carbocycles. The second kappa shape index (κ2) is 7.54. The zero-order chi connectivity index (χ0) is 17.7. The summed E-state index contributed by atoms with van der Waals surface area (Å²) in [7, 11) is 1.52. The van der Waals surface area contributed by atoms with Crippen molar-refractivity contribution in [3.05, 3.63) is 54.1 Å². The fourth-order valence-electron chi connectivity index (χ4n) is 2.08. The van der Waals surface area contributed by atoms with Gasteiger partial charge in [0, 0.05) is 18.7 Å². The van der Waals surface area contributed by atoms with E-state index in [1.54, 1.807) is 24.3 Å². The number of nitrogens with zero attached hydrogens (tertiary/aromatic N) is 1. The maximum atomic E-state index is 13.8. The number of ether oxygens (including phenoxy) is 1. The molecule has 0 radical (unpaired) electrons. The molecule has 0 saturated carbocycles. The van der Waals surface area contributed by atoms with Crippen molar-refractivity contribution in [2.45, 2.75) is 6.92 Å². The van der Waals surface area contributed by atoms with Gasteiger partial charge in [-0.2, -0.15) is 0 Å². The Morgan fingerprint density at radius 3 is 2.33 bits per heavy atom. The van der Waals surface area contributed by atoms with Gasteiger partial charge in [-0.05, 0) is 36.4 Å². The summed E-state index contributed by atoms with van der Waals surface area (Å²) in [5.74, 6) is -2.10. The molecule has 0 atom stereocenters. The van der Waals surface area contributed by atoms with Gasteiger partial charge in [-0.25, -0.2) is 8.78 Å². The van der Waals surface area contributed by atoms with E-state index in [2.05, 4.69) is 5.32 Å². The minimum Gasteiger partial charge on any atom is -0.497 e. The summed E-state index contributed by atoms with van der Waals surface area (Å²) in [6.07, 6.45) is 0. The Hall–Kier alpha value is -2.96. The highest BCUT2D eigenvalue weighted by Gasteiger charge is 2.19. The number of nitrogens with one attached hydrogen (secondary N) is 1. The predicted molar refractivity (Wildman–Crippen MR) is 86.0 cm³/mol. The fourth-order valence-corrected chi connectivity index (χ4v) is 2.08. The Bertz CT molecular complexity index is 748. The maximum Gasteiger partial charge on any atom is 0.244 e. The number of hydrogen-bond donors (Lipinski definition) is 1. The lowest BCUT2D eigenvalue weighted by molar-refractivity contribution is -0.120. The van der Waals surface area contributed by atoms with Gasteiger partial charge in [0.2, 0.25) is 11.8 Å². The summed E-state index contributed by atoms with van der Waals surface area (Å²) in [5.41, 5.74) is 0.345. The lowest BCUT2D eigenvalue weighted by Gasteiger charge is -2.21. The Morgan fingerprint density at radius 2 is 1.79 bits per heavy atom. The van der Waals surface area contributed by atoms with Crippen LogP contribution in [-0.4, -0.2) is 25.5 Å². The van der Waals surface area contributed by atoms with Crippen LogP contribution in [0.2, 0.25) is 0 Å². The van der Waals surface area contributed by atoms with E-state index in [1.807, 2.05) is 0 Å². The molecule has 2 aromatic rings. The molecule has 5 nitrogen and oxygen atoms in total. The SMILES string of the molecule is COc1ccc(NC(=O)CN(C(C)=O)c2ccc(F)cc2F)cc1. The molecule has 126 valence electrons. The van der Waals surface area contributed by atoms with Gasteiger partial charge in [0.15, 0.2) is 0 Å². The van der Waals surface area contributed by atoms with Crippen LogP contribution in [0, 0.1) is 11.6 Å². The summed E-state index contributed by atoms with van der Waals surface area (Å²) in [6, 6.07) is 9.39. The van der Waals surface area contributed by atoms with Crippen LogP contribution in [0.5, 0.6) is 5.75 Å². The van der Waals surface area contributed by atoms with Gasteiger partial charge in [-0.3, -0.25) is 9.59 Å². The summed E-state index contributed by atoms with van der Waals surface area (Å²) in [5, 5.41) is 2.59. The molecule has 0 aliphatic carbocycles. The van der Waals surface area contributed by atoms with E-state index in [9.17, 15) is 18.4 Å². The third-order valence-electron chi connectivity index (χ3n) is 3.26. The number of carbonyl (C=O) groups excluding carboxylic acids is 2. The fraction of sp³-hybridized carbons (Fsp3) is 0.176. The van der Waals surface area contributed by atoms with Crippen LogP contribution in [0.25, 0.3) is 0 Å². The summed E-state index contributed by atoms with van der Waals surface area (Å²) < 4.78 is 31.8. The van der Waals surface area contributed by atoms with Crippen molar-refractivity contribution in [3.63, 3.8) is 0 Å². The standard InChI is InChI=1S/C17H16F2N2O3/c1-11(22)21(16-8-3-12(18)9-15(16)19)10-17(23)20-13-4-6-14(24-2)7-5-13/h3-9H,10H2,1-2H3,(H,20,23). The van der Waals surface area contributed by atoms with Crippen molar-refractivity contribution >= 4 is 23.2 Å². The van der Waals surface area contributed by atoms with Crippen molar-refractivity contribution in [2.75, 3.05) is 23.9 Å². The quantitative estimate of drug-likeness (QED) is 0.914.